The van der Waals surface area contributed by atoms with E-state index < -0.39 is 0 Å². The van der Waals surface area contributed by atoms with Crippen LogP contribution in [0.5, 0.6) is 5.75 Å². The van der Waals surface area contributed by atoms with Gasteiger partial charge in [0.05, 0.1) is 6.10 Å². The summed E-state index contributed by atoms with van der Waals surface area (Å²) in [6.45, 7) is 0.852. The van der Waals surface area contributed by atoms with Crippen molar-refractivity contribution in [2.75, 3.05) is 19.7 Å². The molecule has 86 valence electrons. The number of benzene rings is 1. The second-order valence-corrected chi connectivity index (χ2v) is 4.61. The Labute approximate surface area is 102 Å². The lowest BCUT2D eigenvalue weighted by Crippen LogP contribution is -2.54. The highest BCUT2D eigenvalue weighted by atomic mass is 79.9. The lowest BCUT2D eigenvalue weighted by atomic mass is 10.2. The summed E-state index contributed by atoms with van der Waals surface area (Å²) in [4.78, 5) is 13.1. The van der Waals surface area contributed by atoms with Crippen molar-refractivity contribution in [1.82, 2.24) is 4.90 Å². The van der Waals surface area contributed by atoms with Crippen LogP contribution >= 0.6 is 15.9 Å². The van der Waals surface area contributed by atoms with Gasteiger partial charge in [-0.3, -0.25) is 4.79 Å². The van der Waals surface area contributed by atoms with Crippen molar-refractivity contribution in [1.29, 1.82) is 0 Å². The van der Waals surface area contributed by atoms with Gasteiger partial charge in [-0.25, -0.2) is 0 Å². The normalized spacial score (nSPS) is 15.8. The molecule has 0 bridgehead atoms. The van der Waals surface area contributed by atoms with Crippen molar-refractivity contribution in [2.24, 2.45) is 0 Å². The maximum atomic E-state index is 11.5. The number of nitrogens with zero attached hydrogens (tertiary/aromatic N) is 1. The molecule has 1 heterocycles. The Balaban J connectivity index is 1.81. The van der Waals surface area contributed by atoms with E-state index in [1.54, 1.807) is 17.0 Å². The first-order chi connectivity index (χ1) is 7.65. The van der Waals surface area contributed by atoms with Gasteiger partial charge in [-0.15, -0.1) is 0 Å². The molecular formula is C11H12BrNO3. The average Bonchev–Trinajstić information content (AvgIpc) is 2.22. The van der Waals surface area contributed by atoms with Gasteiger partial charge >= 0.3 is 0 Å². The molecule has 0 aliphatic carbocycles. The van der Waals surface area contributed by atoms with Crippen LogP contribution in [0.3, 0.4) is 0 Å². The third kappa shape index (κ3) is 2.74. The van der Waals surface area contributed by atoms with Crippen LogP contribution in [0.2, 0.25) is 0 Å². The summed E-state index contributed by atoms with van der Waals surface area (Å²) in [5.74, 6) is 0.564. The van der Waals surface area contributed by atoms with E-state index in [0.29, 0.717) is 18.8 Å². The molecule has 1 fully saturated rings. The van der Waals surface area contributed by atoms with Crippen molar-refractivity contribution in [3.8, 4) is 5.75 Å². The molecule has 0 atom stereocenters. The zero-order chi connectivity index (χ0) is 11.5. The van der Waals surface area contributed by atoms with Crippen LogP contribution in [0.4, 0.5) is 0 Å². The number of hydrogen-bond donors (Lipinski definition) is 1. The standard InChI is InChI=1S/C11H12BrNO3/c12-8-2-1-3-10(4-8)16-7-11(15)13-5-9(14)6-13/h1-4,9,14H,5-7H2. The summed E-state index contributed by atoms with van der Waals surface area (Å²) in [7, 11) is 0. The minimum atomic E-state index is -0.366. The molecule has 1 N–H and O–H groups in total. The molecule has 1 aliphatic rings. The van der Waals surface area contributed by atoms with E-state index in [2.05, 4.69) is 15.9 Å². The lowest BCUT2D eigenvalue weighted by Gasteiger charge is -2.35. The van der Waals surface area contributed by atoms with Gasteiger partial charge in [0.15, 0.2) is 6.61 Å². The first-order valence-electron chi connectivity index (χ1n) is 4.99. The molecule has 5 heteroatoms. The number of carbonyl (C=O) groups excluding carboxylic acids is 1. The van der Waals surface area contributed by atoms with E-state index in [-0.39, 0.29) is 18.6 Å². The van der Waals surface area contributed by atoms with Crippen LogP contribution in [-0.2, 0) is 4.79 Å². The predicted molar refractivity (Wildman–Crippen MR) is 62.2 cm³/mol. The van der Waals surface area contributed by atoms with Gasteiger partial charge in [-0.2, -0.15) is 0 Å². The molecule has 0 radical (unpaired) electrons. The van der Waals surface area contributed by atoms with Crippen molar-refractivity contribution < 1.29 is 14.6 Å². The molecule has 0 saturated carbocycles. The smallest absolute Gasteiger partial charge is 0.260 e. The molecular weight excluding hydrogens is 274 g/mol. The highest BCUT2D eigenvalue weighted by Crippen LogP contribution is 2.18. The Kier molecular flexibility index (Phi) is 3.46. The number of aliphatic hydroxyl groups is 1. The van der Waals surface area contributed by atoms with Crippen LogP contribution < -0.4 is 4.74 Å². The number of halogens is 1. The van der Waals surface area contributed by atoms with Crippen molar-refractivity contribution in [3.63, 3.8) is 0 Å². The molecule has 0 spiro atoms. The molecule has 1 aromatic carbocycles. The molecule has 0 unspecified atom stereocenters. The molecule has 1 amide bonds. The Morgan fingerprint density at radius 1 is 1.56 bits per heavy atom. The van der Waals surface area contributed by atoms with Gasteiger partial charge in [0.1, 0.15) is 5.75 Å². The Morgan fingerprint density at radius 3 is 2.94 bits per heavy atom. The van der Waals surface area contributed by atoms with E-state index in [1.165, 1.54) is 0 Å². The number of amides is 1. The minimum absolute atomic E-state index is 0.0170. The van der Waals surface area contributed by atoms with Gasteiger partial charge in [0, 0.05) is 17.6 Å². The monoisotopic (exact) mass is 285 g/mol. The fraction of sp³-hybridized carbons (Fsp3) is 0.364. The zero-order valence-corrected chi connectivity index (χ0v) is 10.2. The van der Waals surface area contributed by atoms with Crippen molar-refractivity contribution in [2.45, 2.75) is 6.10 Å². The minimum Gasteiger partial charge on any atom is -0.484 e. The molecule has 1 saturated heterocycles. The molecule has 1 aliphatic heterocycles. The summed E-state index contributed by atoms with van der Waals surface area (Å²) < 4.78 is 6.25. The third-order valence-electron chi connectivity index (χ3n) is 2.37. The van der Waals surface area contributed by atoms with Crippen LogP contribution in [-0.4, -0.2) is 41.7 Å². The van der Waals surface area contributed by atoms with Gasteiger partial charge in [-0.05, 0) is 18.2 Å². The highest BCUT2D eigenvalue weighted by Gasteiger charge is 2.28. The van der Waals surface area contributed by atoms with Crippen LogP contribution in [0.25, 0.3) is 0 Å². The largest absolute Gasteiger partial charge is 0.484 e. The molecule has 16 heavy (non-hydrogen) atoms. The molecule has 2 rings (SSSR count). The third-order valence-corrected chi connectivity index (χ3v) is 2.87. The van der Waals surface area contributed by atoms with Gasteiger partial charge < -0.3 is 14.7 Å². The van der Waals surface area contributed by atoms with Gasteiger partial charge in [0.2, 0.25) is 0 Å². The summed E-state index contributed by atoms with van der Waals surface area (Å²) in [5.41, 5.74) is 0. The summed E-state index contributed by atoms with van der Waals surface area (Å²) in [6, 6.07) is 7.33. The fourth-order valence-corrected chi connectivity index (χ4v) is 1.83. The zero-order valence-electron chi connectivity index (χ0n) is 8.60. The quantitative estimate of drug-likeness (QED) is 0.903. The number of rotatable bonds is 3. The number of carbonyl (C=O) groups is 1. The topological polar surface area (TPSA) is 49.8 Å². The average molecular weight is 286 g/mol. The lowest BCUT2D eigenvalue weighted by molar-refractivity contribution is -0.143. The predicted octanol–water partition coefficient (Wildman–Crippen LogP) is 1.03. The van der Waals surface area contributed by atoms with Gasteiger partial charge in [-0.1, -0.05) is 22.0 Å². The maximum Gasteiger partial charge on any atom is 0.260 e. The van der Waals surface area contributed by atoms with Crippen LogP contribution in [0, 0.1) is 0 Å². The second-order valence-electron chi connectivity index (χ2n) is 3.70. The van der Waals surface area contributed by atoms with E-state index in [9.17, 15) is 4.79 Å². The molecule has 0 aromatic heterocycles. The first kappa shape index (κ1) is 11.4. The Hall–Kier alpha value is -1.07. The summed E-state index contributed by atoms with van der Waals surface area (Å²) in [6.07, 6.45) is -0.366. The number of aliphatic hydroxyl groups excluding tert-OH is 1. The number of β-amino-alcohol motifs (C(OH)–C–C–N with tert-alkyl or cyclic N) is 1. The van der Waals surface area contributed by atoms with Crippen LogP contribution in [0.15, 0.2) is 28.7 Å². The van der Waals surface area contributed by atoms with E-state index in [1.807, 2.05) is 12.1 Å². The SMILES string of the molecule is O=C(COc1cccc(Br)c1)N1CC(O)C1. The van der Waals surface area contributed by atoms with Crippen LogP contribution in [0.1, 0.15) is 0 Å². The van der Waals surface area contributed by atoms with Crippen molar-refractivity contribution >= 4 is 21.8 Å². The fourth-order valence-electron chi connectivity index (χ4n) is 1.45. The van der Waals surface area contributed by atoms with E-state index >= 15 is 0 Å². The Bertz CT molecular complexity index is 391. The summed E-state index contributed by atoms with van der Waals surface area (Å²) in [5, 5.41) is 9.05. The maximum absolute atomic E-state index is 11.5. The van der Waals surface area contributed by atoms with E-state index in [0.717, 1.165) is 4.47 Å². The number of hydrogen-bond acceptors (Lipinski definition) is 3. The second kappa shape index (κ2) is 4.84. The highest BCUT2D eigenvalue weighted by molar-refractivity contribution is 9.10. The first-order valence-corrected chi connectivity index (χ1v) is 5.78. The van der Waals surface area contributed by atoms with Gasteiger partial charge in [0.25, 0.3) is 5.91 Å². The van der Waals surface area contributed by atoms with E-state index in [4.69, 9.17) is 9.84 Å². The molecule has 4 nitrogen and oxygen atoms in total. The Morgan fingerprint density at radius 2 is 2.31 bits per heavy atom. The number of ether oxygens (including phenoxy) is 1. The number of likely N-dealkylation sites (tertiary alicyclic amines) is 1. The van der Waals surface area contributed by atoms with Crippen molar-refractivity contribution in [3.05, 3.63) is 28.7 Å². The summed E-state index contributed by atoms with van der Waals surface area (Å²) >= 11 is 3.32. The molecule has 1 aromatic rings.